The predicted octanol–water partition coefficient (Wildman–Crippen LogP) is 1.29. The van der Waals surface area contributed by atoms with Crippen LogP contribution in [-0.4, -0.2) is 40.2 Å². The minimum Gasteiger partial charge on any atom is -0.507 e. The summed E-state index contributed by atoms with van der Waals surface area (Å²) in [5.74, 6) is -3.83. The van der Waals surface area contributed by atoms with E-state index < -0.39 is 49.5 Å². The lowest BCUT2D eigenvalue weighted by Crippen LogP contribution is -2.13. The summed E-state index contributed by atoms with van der Waals surface area (Å²) in [6, 6.07) is 6.16. The van der Waals surface area contributed by atoms with Crippen LogP contribution in [0.15, 0.2) is 41.3 Å². The Morgan fingerprint density at radius 3 is 2.12 bits per heavy atom. The average molecular weight is 353 g/mol. The van der Waals surface area contributed by atoms with E-state index in [1.54, 1.807) is 0 Å². The SMILES string of the molecule is O=C(O)c1cc(O)c(C(=O)Nc2cccc(S(=O)(=O)O)c2)cc1O. The maximum absolute atomic E-state index is 12.1. The Kier molecular flexibility index (Phi) is 4.44. The zero-order valence-corrected chi connectivity index (χ0v) is 12.6. The minimum atomic E-state index is -4.46. The number of carbonyl (C=O) groups is 2. The van der Waals surface area contributed by atoms with Gasteiger partial charge in [-0.2, -0.15) is 8.42 Å². The van der Waals surface area contributed by atoms with E-state index in [1.165, 1.54) is 12.1 Å². The molecule has 0 aliphatic heterocycles. The minimum absolute atomic E-state index is 0.00340. The molecule has 0 radical (unpaired) electrons. The van der Waals surface area contributed by atoms with Gasteiger partial charge in [-0.15, -0.1) is 0 Å². The standard InChI is InChI=1S/C14H11NO8S/c16-11-6-10(14(19)20)12(17)5-9(11)13(18)15-7-2-1-3-8(4-7)24(21,22)23/h1-6,16-17H,(H,15,18)(H,19,20)(H,21,22,23). The van der Waals surface area contributed by atoms with Gasteiger partial charge in [0.1, 0.15) is 17.1 Å². The summed E-state index contributed by atoms with van der Waals surface area (Å²) in [6.07, 6.45) is 0. The number of hydrogen-bond donors (Lipinski definition) is 5. The number of amides is 1. The highest BCUT2D eigenvalue weighted by Gasteiger charge is 2.19. The highest BCUT2D eigenvalue weighted by molar-refractivity contribution is 7.85. The zero-order valence-electron chi connectivity index (χ0n) is 11.8. The Balaban J connectivity index is 2.34. The second-order valence-corrected chi connectivity index (χ2v) is 6.07. The van der Waals surface area contributed by atoms with Crippen LogP contribution in [0.4, 0.5) is 5.69 Å². The van der Waals surface area contributed by atoms with Crippen molar-refractivity contribution in [1.82, 2.24) is 0 Å². The summed E-state index contributed by atoms with van der Waals surface area (Å²) in [6.45, 7) is 0. The third-order valence-electron chi connectivity index (χ3n) is 2.98. The molecule has 10 heteroatoms. The number of aromatic carboxylic acids is 1. The number of nitrogens with one attached hydrogen (secondary N) is 1. The first-order chi connectivity index (χ1) is 11.1. The van der Waals surface area contributed by atoms with Crippen LogP contribution in [-0.2, 0) is 10.1 Å². The Morgan fingerprint density at radius 2 is 1.54 bits per heavy atom. The third-order valence-corrected chi connectivity index (χ3v) is 3.83. The summed E-state index contributed by atoms with van der Waals surface area (Å²) >= 11 is 0. The van der Waals surface area contributed by atoms with E-state index in [9.17, 15) is 28.2 Å². The van der Waals surface area contributed by atoms with E-state index in [0.717, 1.165) is 18.2 Å². The van der Waals surface area contributed by atoms with Gasteiger partial charge < -0.3 is 20.6 Å². The highest BCUT2D eigenvalue weighted by Crippen LogP contribution is 2.28. The van der Waals surface area contributed by atoms with Crippen molar-refractivity contribution in [2.75, 3.05) is 5.32 Å². The summed E-state index contributed by atoms with van der Waals surface area (Å²) in [5.41, 5.74) is -1.01. The second-order valence-electron chi connectivity index (χ2n) is 4.65. The van der Waals surface area contributed by atoms with Crippen LogP contribution in [0.2, 0.25) is 0 Å². The molecule has 0 aliphatic carbocycles. The monoisotopic (exact) mass is 353 g/mol. The van der Waals surface area contributed by atoms with Crippen LogP contribution in [0, 0.1) is 0 Å². The van der Waals surface area contributed by atoms with Gasteiger partial charge in [0.2, 0.25) is 0 Å². The molecule has 0 atom stereocenters. The molecule has 0 heterocycles. The number of hydrogen-bond acceptors (Lipinski definition) is 6. The van der Waals surface area contributed by atoms with Gasteiger partial charge in [-0.1, -0.05) is 6.07 Å². The molecular formula is C14H11NO8S. The molecule has 0 bridgehead atoms. The van der Waals surface area contributed by atoms with Crippen molar-refractivity contribution < 1.29 is 37.9 Å². The summed E-state index contributed by atoms with van der Waals surface area (Å²) < 4.78 is 31.1. The molecule has 2 rings (SSSR count). The molecule has 2 aromatic carbocycles. The van der Waals surface area contributed by atoms with E-state index in [1.807, 2.05) is 0 Å². The lowest BCUT2D eigenvalue weighted by atomic mass is 10.1. The molecule has 0 spiro atoms. The Labute approximate surface area is 135 Å². The van der Waals surface area contributed by atoms with Gasteiger partial charge in [0.15, 0.2) is 0 Å². The number of anilines is 1. The highest BCUT2D eigenvalue weighted by atomic mass is 32.2. The number of aromatic hydroxyl groups is 2. The lowest BCUT2D eigenvalue weighted by molar-refractivity contribution is 0.0692. The molecule has 0 aliphatic rings. The largest absolute Gasteiger partial charge is 0.507 e. The van der Waals surface area contributed by atoms with Crippen molar-refractivity contribution in [3.05, 3.63) is 47.5 Å². The van der Waals surface area contributed by atoms with Gasteiger partial charge in [0, 0.05) is 5.69 Å². The van der Waals surface area contributed by atoms with Crippen molar-refractivity contribution in [3.8, 4) is 11.5 Å². The topological polar surface area (TPSA) is 161 Å². The first-order valence-electron chi connectivity index (χ1n) is 6.28. The number of rotatable bonds is 4. The molecule has 5 N–H and O–H groups in total. The number of phenols is 2. The number of benzene rings is 2. The van der Waals surface area contributed by atoms with Crippen molar-refractivity contribution >= 4 is 27.7 Å². The fourth-order valence-corrected chi connectivity index (χ4v) is 2.39. The first-order valence-corrected chi connectivity index (χ1v) is 7.72. The van der Waals surface area contributed by atoms with Crippen LogP contribution in [0.3, 0.4) is 0 Å². The van der Waals surface area contributed by atoms with Crippen LogP contribution >= 0.6 is 0 Å². The van der Waals surface area contributed by atoms with Crippen LogP contribution in [0.25, 0.3) is 0 Å². The van der Waals surface area contributed by atoms with E-state index in [4.69, 9.17) is 9.66 Å². The average Bonchev–Trinajstić information content (AvgIpc) is 2.48. The zero-order chi connectivity index (χ0) is 18.1. The molecule has 24 heavy (non-hydrogen) atoms. The third kappa shape index (κ3) is 3.62. The molecule has 0 saturated heterocycles. The summed E-state index contributed by atoms with van der Waals surface area (Å²) in [4.78, 5) is 22.5. The number of phenolic OH excluding ortho intramolecular Hbond substituents is 1. The van der Waals surface area contributed by atoms with Gasteiger partial charge in [-0.25, -0.2) is 4.79 Å². The maximum atomic E-state index is 12.1. The molecule has 0 aromatic heterocycles. The van der Waals surface area contributed by atoms with E-state index in [-0.39, 0.29) is 5.69 Å². The molecule has 0 unspecified atom stereocenters. The Hall–Kier alpha value is -3.11. The van der Waals surface area contributed by atoms with Crippen molar-refractivity contribution in [2.45, 2.75) is 4.90 Å². The quantitative estimate of drug-likeness (QED) is 0.406. The summed E-state index contributed by atoms with van der Waals surface area (Å²) in [7, 11) is -4.46. The summed E-state index contributed by atoms with van der Waals surface area (Å²) in [5, 5.41) is 30.4. The van der Waals surface area contributed by atoms with E-state index >= 15 is 0 Å². The first kappa shape index (κ1) is 17.2. The number of carbonyl (C=O) groups excluding carboxylic acids is 1. The van der Waals surface area contributed by atoms with Gasteiger partial charge in [0.25, 0.3) is 16.0 Å². The van der Waals surface area contributed by atoms with Gasteiger partial charge >= 0.3 is 5.97 Å². The van der Waals surface area contributed by atoms with Crippen molar-refractivity contribution in [2.24, 2.45) is 0 Å². The molecule has 9 nitrogen and oxygen atoms in total. The molecule has 2 aromatic rings. The molecule has 0 saturated carbocycles. The van der Waals surface area contributed by atoms with E-state index in [2.05, 4.69) is 5.32 Å². The Morgan fingerprint density at radius 1 is 0.958 bits per heavy atom. The lowest BCUT2D eigenvalue weighted by Gasteiger charge is -2.09. The van der Waals surface area contributed by atoms with Gasteiger partial charge in [-0.3, -0.25) is 9.35 Å². The second kappa shape index (κ2) is 6.18. The fraction of sp³-hybridized carbons (Fsp3) is 0. The van der Waals surface area contributed by atoms with Crippen molar-refractivity contribution in [1.29, 1.82) is 0 Å². The fourth-order valence-electron chi connectivity index (χ4n) is 1.86. The van der Waals surface area contributed by atoms with Crippen LogP contribution < -0.4 is 5.32 Å². The maximum Gasteiger partial charge on any atom is 0.339 e. The smallest absolute Gasteiger partial charge is 0.339 e. The van der Waals surface area contributed by atoms with Crippen LogP contribution in [0.1, 0.15) is 20.7 Å². The molecule has 1 amide bonds. The van der Waals surface area contributed by atoms with Crippen LogP contribution in [0.5, 0.6) is 11.5 Å². The van der Waals surface area contributed by atoms with Gasteiger partial charge in [-0.05, 0) is 30.3 Å². The molecule has 126 valence electrons. The Bertz CT molecular complexity index is 936. The predicted molar refractivity (Wildman–Crippen MR) is 80.9 cm³/mol. The van der Waals surface area contributed by atoms with E-state index in [0.29, 0.717) is 6.07 Å². The number of carboxylic acids is 1. The molecular weight excluding hydrogens is 342 g/mol. The van der Waals surface area contributed by atoms with Gasteiger partial charge in [0.05, 0.1) is 10.5 Å². The molecule has 0 fully saturated rings. The normalized spacial score (nSPS) is 11.0. The van der Waals surface area contributed by atoms with Crippen molar-refractivity contribution in [3.63, 3.8) is 0 Å². The number of carboxylic acid groups (broad SMARTS) is 1.